The first-order valence-corrected chi connectivity index (χ1v) is 5.05. The van der Waals surface area contributed by atoms with Crippen LogP contribution in [0.2, 0.25) is 0 Å². The zero-order valence-electron chi connectivity index (χ0n) is 11.4. The molecule has 0 saturated carbocycles. The van der Waals surface area contributed by atoms with E-state index in [1.54, 1.807) is 6.92 Å². The van der Waals surface area contributed by atoms with Crippen LogP contribution in [0, 0.1) is 0 Å². The van der Waals surface area contributed by atoms with E-state index in [4.69, 9.17) is 14.4 Å². The molecule has 0 heterocycles. The summed E-state index contributed by atoms with van der Waals surface area (Å²) in [6.45, 7) is 1.63. The molecule has 0 fully saturated rings. The predicted molar refractivity (Wildman–Crippen MR) is 88.3 cm³/mol. The molecule has 0 aliphatic heterocycles. The van der Waals surface area contributed by atoms with E-state index in [2.05, 4.69) is 0 Å². The highest BCUT2D eigenvalue weighted by Crippen LogP contribution is 1.99. The standard InChI is InChI=1S/C9H11NO.C3H7NO.3CH4.2H2/c10-9(7-11)6-8-4-2-1-3-5-8;1-3(4)2-5;;;;;/h1-5,7,9H,6,10H2;2-3H,4H2,1H3;3*1H4;2*1H/t9-;3-;;;;;/m11...../s1/i;;;;;1+2T;1+2. The molecule has 1 aromatic carbocycles. The maximum atomic E-state index is 10.2. The molecule has 0 aliphatic carbocycles. The van der Waals surface area contributed by atoms with Crippen molar-refractivity contribution in [1.82, 2.24) is 0 Å². The molecule has 4 nitrogen and oxygen atoms in total. The second-order valence-electron chi connectivity index (χ2n) is 3.48. The second-order valence-corrected chi connectivity index (χ2v) is 3.48. The summed E-state index contributed by atoms with van der Waals surface area (Å²) < 4.78 is 10.0. The van der Waals surface area contributed by atoms with Gasteiger partial charge in [0.1, 0.15) is 12.6 Å². The van der Waals surface area contributed by atoms with Gasteiger partial charge in [-0.3, -0.25) is 0 Å². The average molecular weight is 280 g/mol. The van der Waals surface area contributed by atoms with Gasteiger partial charge in [-0.15, -0.1) is 0 Å². The van der Waals surface area contributed by atoms with Crippen LogP contribution in [0.15, 0.2) is 30.3 Å². The van der Waals surface area contributed by atoms with E-state index in [0.29, 0.717) is 12.7 Å². The zero-order valence-corrected chi connectivity index (χ0v) is 9.37. The Morgan fingerprint density at radius 3 is 1.84 bits per heavy atom. The molecule has 116 valence electrons. The van der Waals surface area contributed by atoms with Gasteiger partial charge in [-0.05, 0) is 18.9 Å². The number of hydrogen-bond acceptors (Lipinski definition) is 4. The van der Waals surface area contributed by atoms with Gasteiger partial charge in [0.05, 0.1) is 12.1 Å². The molecule has 0 spiro atoms. The van der Waals surface area contributed by atoms with E-state index in [9.17, 15) is 9.59 Å². The van der Waals surface area contributed by atoms with E-state index in [1.165, 1.54) is 0 Å². The summed E-state index contributed by atoms with van der Waals surface area (Å²) in [5, 5.41) is 0. The quantitative estimate of drug-likeness (QED) is 0.830. The number of carbonyl (C=O) groups excluding carboxylic acids is 2. The van der Waals surface area contributed by atoms with E-state index in [-0.39, 0.29) is 35.8 Å². The van der Waals surface area contributed by atoms with Crippen LogP contribution in [-0.2, 0) is 16.0 Å². The third-order valence-electron chi connectivity index (χ3n) is 1.70. The fourth-order valence-electron chi connectivity index (χ4n) is 0.934. The van der Waals surface area contributed by atoms with Crippen LogP contribution in [0.3, 0.4) is 0 Å². The Bertz CT molecular complexity index is 313. The molecule has 0 radical (unpaired) electrons. The first-order chi connectivity index (χ1) is 8.60. The number of carbonyl (C=O) groups is 2. The van der Waals surface area contributed by atoms with E-state index in [1.807, 2.05) is 30.3 Å². The number of aldehydes is 2. The Labute approximate surface area is 122 Å². The molecular formula is C15H34N2O2. The highest BCUT2D eigenvalue weighted by atomic mass is 16.1. The molecule has 4 N–H and O–H groups in total. The van der Waals surface area contributed by atoms with Crippen LogP contribution in [0.4, 0.5) is 0 Å². The van der Waals surface area contributed by atoms with Crippen molar-refractivity contribution in [1.29, 1.82) is 0 Å². The van der Waals surface area contributed by atoms with Crippen molar-refractivity contribution in [2.24, 2.45) is 11.5 Å². The summed E-state index contributed by atoms with van der Waals surface area (Å²) in [6, 6.07) is 9.08. The summed E-state index contributed by atoms with van der Waals surface area (Å²) in [4.78, 5) is 19.6. The Morgan fingerprint density at radius 1 is 1.11 bits per heavy atom. The lowest BCUT2D eigenvalue weighted by molar-refractivity contribution is -0.109. The molecule has 0 aliphatic rings. The van der Waals surface area contributed by atoms with Gasteiger partial charge in [0, 0.05) is 4.40 Å². The van der Waals surface area contributed by atoms with Crippen molar-refractivity contribution in [2.75, 3.05) is 0 Å². The smallest absolute Gasteiger partial charge is 0.137 e. The lowest BCUT2D eigenvalue weighted by Gasteiger charge is -2.02. The van der Waals surface area contributed by atoms with Gasteiger partial charge in [-0.2, -0.15) is 0 Å². The van der Waals surface area contributed by atoms with Crippen LogP contribution < -0.4 is 11.5 Å². The van der Waals surface area contributed by atoms with Gasteiger partial charge >= 0.3 is 0 Å². The summed E-state index contributed by atoms with van der Waals surface area (Å²) in [6.07, 6.45) is 2.09. The second kappa shape index (κ2) is 16.5. The maximum Gasteiger partial charge on any atom is 0.137 e. The number of hydrogen-bond donors (Lipinski definition) is 2. The van der Waals surface area contributed by atoms with Gasteiger partial charge in [0.2, 0.25) is 0 Å². The largest absolute Gasteiger partial charge is 0.322 e. The van der Waals surface area contributed by atoms with Crippen LogP contribution in [0.5, 0.6) is 0 Å². The fraction of sp³-hybridized carbons (Fsp3) is 0.467. The summed E-state index contributed by atoms with van der Waals surface area (Å²) in [5.41, 5.74) is 11.5. The number of nitrogens with two attached hydrogens (primary N) is 2. The molecule has 1 rings (SSSR count). The Hall–Kier alpha value is -1.52. The van der Waals surface area contributed by atoms with Crippen LogP contribution >= 0.6 is 0 Å². The fourth-order valence-corrected chi connectivity index (χ4v) is 0.934. The highest BCUT2D eigenvalue weighted by molar-refractivity contribution is 5.57. The summed E-state index contributed by atoms with van der Waals surface area (Å²) in [5.74, 6) is 0. The van der Waals surface area contributed by atoms with Crippen LogP contribution in [0.1, 0.15) is 39.2 Å². The van der Waals surface area contributed by atoms with Gasteiger partial charge in [-0.1, -0.05) is 52.6 Å². The third kappa shape index (κ3) is 16.5. The minimum atomic E-state index is -0.364. The molecular weight excluding hydrogens is 240 g/mol. The first-order valence-electron chi connectivity index (χ1n) is 6.05. The lowest BCUT2D eigenvalue weighted by Crippen LogP contribution is -2.23. The van der Waals surface area contributed by atoms with Crippen molar-refractivity contribution in [3.63, 3.8) is 0 Å². The SMILES string of the molecule is C.C.C.C[C@@H](N)C=O.N[C@@H](C=O)Cc1ccccc1.[3HH].[3H][3H]. The maximum absolute atomic E-state index is 10.2. The Balaban J connectivity index is -0.0000000514. The molecule has 0 unspecified atom stereocenters. The van der Waals surface area contributed by atoms with Gasteiger partial charge in [0.15, 0.2) is 0 Å². The first kappa shape index (κ1) is 22.6. The van der Waals surface area contributed by atoms with Crippen LogP contribution in [-0.4, -0.2) is 24.7 Å². The monoisotopic (exact) mass is 280 g/mol. The minimum Gasteiger partial charge on any atom is -0.322 e. The molecule has 19 heavy (non-hydrogen) atoms. The van der Waals surface area contributed by atoms with Crippen molar-refractivity contribution in [3.05, 3.63) is 35.9 Å². The average Bonchev–Trinajstić information content (AvgIpc) is 2.42. The third-order valence-corrected chi connectivity index (χ3v) is 1.70. The number of benzene rings is 1. The molecule has 0 bridgehead atoms. The summed E-state index contributed by atoms with van der Waals surface area (Å²) >= 11 is 0. The van der Waals surface area contributed by atoms with Crippen LogP contribution in [0.25, 0.3) is 0 Å². The molecule has 4 heteroatoms. The molecule has 0 amide bonds. The van der Waals surface area contributed by atoms with Crippen molar-refractivity contribution >= 4 is 12.6 Å². The van der Waals surface area contributed by atoms with Crippen molar-refractivity contribution in [3.8, 4) is 0 Å². The van der Waals surface area contributed by atoms with Gasteiger partial charge in [0.25, 0.3) is 0 Å². The Morgan fingerprint density at radius 2 is 1.53 bits per heavy atom. The molecule has 0 saturated heterocycles. The van der Waals surface area contributed by atoms with Gasteiger partial charge in [-0.25, -0.2) is 0 Å². The van der Waals surface area contributed by atoms with E-state index >= 15 is 0 Å². The minimum absolute atomic E-state index is 0. The molecule has 1 aromatic rings. The predicted octanol–water partition coefficient (Wildman–Crippen LogP) is 2.69. The van der Waals surface area contributed by atoms with E-state index in [0.717, 1.165) is 11.8 Å². The summed E-state index contributed by atoms with van der Waals surface area (Å²) in [7, 11) is 0. The van der Waals surface area contributed by atoms with Gasteiger partial charge < -0.3 is 21.1 Å². The zero-order chi connectivity index (χ0) is 14.4. The van der Waals surface area contributed by atoms with Crippen molar-refractivity contribution < 1.29 is 14.0 Å². The normalized spacial score (nSPS) is 11.3. The molecule has 2 atom stereocenters. The topological polar surface area (TPSA) is 86.2 Å². The number of rotatable bonds is 4. The Kier molecular flexibility index (Phi) is 19.6. The molecule has 0 aromatic heterocycles. The van der Waals surface area contributed by atoms with Crippen molar-refractivity contribution in [2.45, 2.75) is 47.7 Å². The lowest BCUT2D eigenvalue weighted by atomic mass is 10.1. The highest BCUT2D eigenvalue weighted by Gasteiger charge is 1.99. The van der Waals surface area contributed by atoms with E-state index < -0.39 is 0 Å².